The quantitative estimate of drug-likeness (QED) is 0.829. The molecule has 6 heteroatoms. The van der Waals surface area contributed by atoms with Gasteiger partial charge in [-0.3, -0.25) is 14.4 Å². The summed E-state index contributed by atoms with van der Waals surface area (Å²) in [5.74, 6) is -0.806. The lowest BCUT2D eigenvalue weighted by Crippen LogP contribution is -2.41. The van der Waals surface area contributed by atoms with Crippen molar-refractivity contribution in [3.63, 3.8) is 0 Å². The molecule has 2 aromatic rings. The molecule has 0 radical (unpaired) electrons. The fourth-order valence-electron chi connectivity index (χ4n) is 1.81. The molecule has 114 valence electrons. The first-order valence-corrected chi connectivity index (χ1v) is 6.73. The third-order valence-electron chi connectivity index (χ3n) is 3.02. The van der Waals surface area contributed by atoms with Gasteiger partial charge in [-0.15, -0.1) is 0 Å². The zero-order valence-corrected chi connectivity index (χ0v) is 12.3. The second-order valence-corrected chi connectivity index (χ2v) is 4.80. The van der Waals surface area contributed by atoms with Crippen molar-refractivity contribution in [3.05, 3.63) is 54.0 Å². The van der Waals surface area contributed by atoms with Gasteiger partial charge in [0.25, 0.3) is 5.91 Å². The summed E-state index contributed by atoms with van der Waals surface area (Å²) in [7, 11) is 0. The fourth-order valence-corrected chi connectivity index (χ4v) is 1.81. The molecule has 0 fully saturated rings. The molecule has 6 nitrogen and oxygen atoms in total. The molecule has 1 aromatic heterocycles. The number of hydrogen-bond acceptors (Lipinski definition) is 4. The van der Waals surface area contributed by atoms with Gasteiger partial charge in [-0.25, -0.2) is 0 Å². The number of ketones is 1. The van der Waals surface area contributed by atoms with Crippen LogP contribution in [0.15, 0.2) is 47.1 Å². The minimum absolute atomic E-state index is 0.0877. The molecular weight excluding hydrogens is 284 g/mol. The summed E-state index contributed by atoms with van der Waals surface area (Å²) >= 11 is 0. The number of nitrogens with one attached hydrogen (secondary N) is 2. The van der Waals surface area contributed by atoms with Crippen molar-refractivity contribution in [2.75, 3.05) is 5.32 Å². The zero-order chi connectivity index (χ0) is 16.1. The number of rotatable bonds is 5. The van der Waals surface area contributed by atoms with Crippen molar-refractivity contribution in [1.82, 2.24) is 5.32 Å². The molecule has 1 aromatic carbocycles. The molecule has 1 unspecified atom stereocenters. The topological polar surface area (TPSA) is 88.4 Å². The van der Waals surface area contributed by atoms with Crippen molar-refractivity contribution >= 4 is 23.3 Å². The number of Topliss-reactive ketones (excluding diaryl/α,β-unsaturated/α-hetero) is 1. The third-order valence-corrected chi connectivity index (χ3v) is 3.02. The summed E-state index contributed by atoms with van der Waals surface area (Å²) in [6.07, 6.45) is 1.38. The normalized spacial score (nSPS) is 11.5. The Hall–Kier alpha value is -2.89. The van der Waals surface area contributed by atoms with Crippen molar-refractivity contribution in [3.8, 4) is 0 Å². The Morgan fingerprint density at radius 1 is 1.14 bits per heavy atom. The Kier molecular flexibility index (Phi) is 4.73. The lowest BCUT2D eigenvalue weighted by Gasteiger charge is -2.13. The van der Waals surface area contributed by atoms with Gasteiger partial charge < -0.3 is 15.1 Å². The smallest absolute Gasteiger partial charge is 0.287 e. The highest BCUT2D eigenvalue weighted by Crippen LogP contribution is 2.11. The van der Waals surface area contributed by atoms with Crippen LogP contribution in [0, 0.1) is 0 Å². The average Bonchev–Trinajstić information content (AvgIpc) is 3.01. The van der Waals surface area contributed by atoms with Gasteiger partial charge in [0.05, 0.1) is 6.26 Å². The number of benzene rings is 1. The van der Waals surface area contributed by atoms with Gasteiger partial charge in [0, 0.05) is 11.3 Å². The summed E-state index contributed by atoms with van der Waals surface area (Å²) < 4.78 is 4.96. The van der Waals surface area contributed by atoms with Crippen LogP contribution in [-0.4, -0.2) is 23.6 Å². The second kappa shape index (κ2) is 6.71. The van der Waals surface area contributed by atoms with Crippen LogP contribution in [0.5, 0.6) is 0 Å². The lowest BCUT2D eigenvalue weighted by molar-refractivity contribution is -0.117. The Bertz CT molecular complexity index is 692. The van der Waals surface area contributed by atoms with Crippen molar-refractivity contribution in [2.45, 2.75) is 19.9 Å². The largest absolute Gasteiger partial charge is 0.459 e. The van der Waals surface area contributed by atoms with Gasteiger partial charge in [0.2, 0.25) is 5.91 Å². The molecule has 2 rings (SSSR count). The van der Waals surface area contributed by atoms with E-state index in [0.29, 0.717) is 11.3 Å². The third kappa shape index (κ3) is 3.82. The highest BCUT2D eigenvalue weighted by molar-refractivity contribution is 6.01. The van der Waals surface area contributed by atoms with E-state index in [0.717, 1.165) is 0 Å². The fraction of sp³-hybridized carbons (Fsp3) is 0.188. The minimum Gasteiger partial charge on any atom is -0.459 e. The van der Waals surface area contributed by atoms with Crippen LogP contribution in [0.1, 0.15) is 34.8 Å². The molecule has 0 bridgehead atoms. The van der Waals surface area contributed by atoms with Crippen molar-refractivity contribution in [1.29, 1.82) is 0 Å². The van der Waals surface area contributed by atoms with E-state index in [-0.39, 0.29) is 17.5 Å². The summed E-state index contributed by atoms with van der Waals surface area (Å²) in [4.78, 5) is 35.2. The maximum Gasteiger partial charge on any atom is 0.287 e. The van der Waals surface area contributed by atoms with E-state index < -0.39 is 11.9 Å². The molecule has 0 aliphatic carbocycles. The second-order valence-electron chi connectivity index (χ2n) is 4.80. The molecule has 1 heterocycles. The van der Waals surface area contributed by atoms with Crippen LogP contribution in [-0.2, 0) is 4.79 Å². The molecule has 0 aliphatic heterocycles. The van der Waals surface area contributed by atoms with Gasteiger partial charge in [0.1, 0.15) is 6.04 Å². The lowest BCUT2D eigenvalue weighted by atomic mass is 10.1. The predicted molar refractivity (Wildman–Crippen MR) is 80.7 cm³/mol. The van der Waals surface area contributed by atoms with Gasteiger partial charge >= 0.3 is 0 Å². The maximum atomic E-state index is 12.1. The number of amides is 2. The van der Waals surface area contributed by atoms with Crippen LogP contribution < -0.4 is 10.6 Å². The van der Waals surface area contributed by atoms with E-state index in [2.05, 4.69) is 10.6 Å². The standard InChI is InChI=1S/C16H16N2O4/c1-10(17-16(21)14-7-4-8-22-14)15(20)18-13-6-3-5-12(9-13)11(2)19/h3-10H,1-2H3,(H,17,21)(H,18,20). The highest BCUT2D eigenvalue weighted by atomic mass is 16.3. The van der Waals surface area contributed by atoms with Crippen LogP contribution in [0.3, 0.4) is 0 Å². The molecule has 22 heavy (non-hydrogen) atoms. The van der Waals surface area contributed by atoms with E-state index in [1.165, 1.54) is 19.3 Å². The summed E-state index contributed by atoms with van der Waals surface area (Å²) in [5, 5.41) is 5.18. The van der Waals surface area contributed by atoms with Crippen LogP contribution in [0.4, 0.5) is 5.69 Å². The average molecular weight is 300 g/mol. The first kappa shape index (κ1) is 15.5. The number of hydrogen-bond donors (Lipinski definition) is 2. The molecule has 2 N–H and O–H groups in total. The van der Waals surface area contributed by atoms with Gasteiger partial charge in [0.15, 0.2) is 11.5 Å². The number of carbonyl (C=O) groups is 3. The molecular formula is C16H16N2O4. The Labute approximate surface area is 127 Å². The van der Waals surface area contributed by atoms with E-state index in [4.69, 9.17) is 4.42 Å². The van der Waals surface area contributed by atoms with Crippen LogP contribution in [0.2, 0.25) is 0 Å². The molecule has 2 amide bonds. The number of furan rings is 1. The predicted octanol–water partition coefficient (Wildman–Crippen LogP) is 2.24. The zero-order valence-electron chi connectivity index (χ0n) is 12.3. The van der Waals surface area contributed by atoms with Gasteiger partial charge in [-0.05, 0) is 38.1 Å². The Morgan fingerprint density at radius 2 is 1.91 bits per heavy atom. The molecule has 0 saturated heterocycles. The minimum atomic E-state index is -0.751. The van der Waals surface area contributed by atoms with Crippen LogP contribution >= 0.6 is 0 Å². The molecule has 0 saturated carbocycles. The molecule has 0 spiro atoms. The monoisotopic (exact) mass is 300 g/mol. The van der Waals surface area contributed by atoms with E-state index in [9.17, 15) is 14.4 Å². The first-order chi connectivity index (χ1) is 10.5. The first-order valence-electron chi connectivity index (χ1n) is 6.73. The van der Waals surface area contributed by atoms with Crippen LogP contribution in [0.25, 0.3) is 0 Å². The van der Waals surface area contributed by atoms with Gasteiger partial charge in [-0.1, -0.05) is 12.1 Å². The number of anilines is 1. The summed E-state index contributed by atoms with van der Waals surface area (Å²) in [6, 6.07) is 8.95. The maximum absolute atomic E-state index is 12.1. The Balaban J connectivity index is 1.98. The van der Waals surface area contributed by atoms with E-state index in [1.54, 1.807) is 37.3 Å². The summed E-state index contributed by atoms with van der Waals surface area (Å²) in [6.45, 7) is 3.01. The number of carbonyl (C=O) groups excluding carboxylic acids is 3. The van der Waals surface area contributed by atoms with Gasteiger partial charge in [-0.2, -0.15) is 0 Å². The molecule has 0 aliphatic rings. The molecule has 1 atom stereocenters. The Morgan fingerprint density at radius 3 is 2.55 bits per heavy atom. The SMILES string of the molecule is CC(=O)c1cccc(NC(=O)C(C)NC(=O)c2ccco2)c1. The van der Waals surface area contributed by atoms with E-state index >= 15 is 0 Å². The van der Waals surface area contributed by atoms with Crippen molar-refractivity contribution < 1.29 is 18.8 Å². The summed E-state index contributed by atoms with van der Waals surface area (Å²) in [5.41, 5.74) is 1.00. The van der Waals surface area contributed by atoms with Crippen molar-refractivity contribution in [2.24, 2.45) is 0 Å². The highest BCUT2D eigenvalue weighted by Gasteiger charge is 2.18. The van der Waals surface area contributed by atoms with E-state index in [1.807, 2.05) is 0 Å².